The number of carbonyl (C=O) groups is 1. The number of amides is 1. The zero-order chi connectivity index (χ0) is 11.3. The SMILES string of the molecule is CCc1cnc(CNC(=O)C(N)CC)o1. The third-order valence-corrected chi connectivity index (χ3v) is 2.14. The first-order valence-corrected chi connectivity index (χ1v) is 5.14. The minimum absolute atomic E-state index is 0.172. The molecule has 0 radical (unpaired) electrons. The molecule has 0 saturated carbocycles. The quantitative estimate of drug-likeness (QED) is 0.747. The summed E-state index contributed by atoms with van der Waals surface area (Å²) in [6.45, 7) is 4.15. The van der Waals surface area contributed by atoms with Crippen LogP contribution in [0.4, 0.5) is 0 Å². The number of carbonyl (C=O) groups excluding carboxylic acids is 1. The van der Waals surface area contributed by atoms with E-state index in [-0.39, 0.29) is 5.91 Å². The van der Waals surface area contributed by atoms with Crippen LogP contribution < -0.4 is 11.1 Å². The molecule has 1 heterocycles. The molecule has 1 amide bonds. The Balaban J connectivity index is 2.40. The molecule has 3 N–H and O–H groups in total. The van der Waals surface area contributed by atoms with Gasteiger partial charge in [-0.2, -0.15) is 0 Å². The first kappa shape index (κ1) is 11.7. The summed E-state index contributed by atoms with van der Waals surface area (Å²) in [7, 11) is 0. The molecule has 1 rings (SSSR count). The van der Waals surface area contributed by atoms with Crippen LogP contribution in [0, 0.1) is 0 Å². The van der Waals surface area contributed by atoms with Gasteiger partial charge in [-0.3, -0.25) is 4.79 Å². The van der Waals surface area contributed by atoms with Gasteiger partial charge in [-0.05, 0) is 6.42 Å². The van der Waals surface area contributed by atoms with E-state index in [0.29, 0.717) is 18.9 Å². The second-order valence-electron chi connectivity index (χ2n) is 3.31. The Hall–Kier alpha value is -1.36. The molecule has 15 heavy (non-hydrogen) atoms. The average Bonchev–Trinajstić information content (AvgIpc) is 2.72. The standard InChI is InChI=1S/C10H17N3O2/c1-3-7-5-12-9(15-7)6-13-10(14)8(11)4-2/h5,8H,3-4,6,11H2,1-2H3,(H,13,14). The molecular formula is C10H17N3O2. The van der Waals surface area contributed by atoms with Gasteiger partial charge in [-0.25, -0.2) is 4.98 Å². The van der Waals surface area contributed by atoms with Gasteiger partial charge in [0.2, 0.25) is 11.8 Å². The maximum absolute atomic E-state index is 11.3. The van der Waals surface area contributed by atoms with Crippen molar-refractivity contribution in [3.05, 3.63) is 17.8 Å². The molecule has 0 aliphatic carbocycles. The highest BCUT2D eigenvalue weighted by Gasteiger charge is 2.11. The molecule has 5 heteroatoms. The number of hydrogen-bond acceptors (Lipinski definition) is 4. The van der Waals surface area contributed by atoms with Gasteiger partial charge in [0.05, 0.1) is 18.8 Å². The van der Waals surface area contributed by atoms with Crippen LogP contribution in [-0.4, -0.2) is 16.9 Å². The van der Waals surface area contributed by atoms with Crippen molar-refractivity contribution >= 4 is 5.91 Å². The highest BCUT2D eigenvalue weighted by atomic mass is 16.4. The number of nitrogens with two attached hydrogens (primary N) is 1. The summed E-state index contributed by atoms with van der Waals surface area (Å²) >= 11 is 0. The summed E-state index contributed by atoms with van der Waals surface area (Å²) in [5.41, 5.74) is 5.55. The van der Waals surface area contributed by atoms with Crippen LogP contribution in [0.3, 0.4) is 0 Å². The lowest BCUT2D eigenvalue weighted by molar-refractivity contribution is -0.122. The number of aromatic nitrogens is 1. The number of hydrogen-bond donors (Lipinski definition) is 2. The summed E-state index contributed by atoms with van der Waals surface area (Å²) in [5.74, 6) is 1.16. The average molecular weight is 211 g/mol. The Bertz CT molecular complexity index is 322. The molecule has 1 unspecified atom stereocenters. The normalized spacial score (nSPS) is 12.5. The van der Waals surface area contributed by atoms with Crippen molar-refractivity contribution in [2.45, 2.75) is 39.3 Å². The molecule has 0 aliphatic heterocycles. The van der Waals surface area contributed by atoms with Gasteiger partial charge in [0.25, 0.3) is 0 Å². The first-order chi connectivity index (χ1) is 7.17. The topological polar surface area (TPSA) is 81.2 Å². The molecular weight excluding hydrogens is 194 g/mol. The van der Waals surface area contributed by atoms with Crippen LogP contribution in [0.2, 0.25) is 0 Å². The zero-order valence-electron chi connectivity index (χ0n) is 9.12. The highest BCUT2D eigenvalue weighted by molar-refractivity contribution is 5.81. The van der Waals surface area contributed by atoms with Crippen molar-refractivity contribution in [3.63, 3.8) is 0 Å². The number of oxazole rings is 1. The van der Waals surface area contributed by atoms with Crippen LogP contribution in [0.1, 0.15) is 31.9 Å². The minimum atomic E-state index is -0.453. The second-order valence-corrected chi connectivity index (χ2v) is 3.31. The van der Waals surface area contributed by atoms with E-state index >= 15 is 0 Å². The molecule has 0 aromatic carbocycles. The smallest absolute Gasteiger partial charge is 0.237 e. The molecule has 0 fully saturated rings. The third kappa shape index (κ3) is 3.36. The number of aryl methyl sites for hydroxylation is 1. The van der Waals surface area contributed by atoms with Crippen molar-refractivity contribution in [1.29, 1.82) is 0 Å². The fraction of sp³-hybridized carbons (Fsp3) is 0.600. The molecule has 0 bridgehead atoms. The number of nitrogens with zero attached hydrogens (tertiary/aromatic N) is 1. The summed E-state index contributed by atoms with van der Waals surface area (Å²) in [6, 6.07) is -0.453. The lowest BCUT2D eigenvalue weighted by Crippen LogP contribution is -2.39. The molecule has 0 aliphatic rings. The minimum Gasteiger partial charge on any atom is -0.444 e. The predicted molar refractivity (Wildman–Crippen MR) is 56.0 cm³/mol. The Morgan fingerprint density at radius 3 is 2.93 bits per heavy atom. The lowest BCUT2D eigenvalue weighted by atomic mass is 10.2. The molecule has 1 aromatic heterocycles. The highest BCUT2D eigenvalue weighted by Crippen LogP contribution is 2.03. The van der Waals surface area contributed by atoms with E-state index in [1.807, 2.05) is 13.8 Å². The molecule has 0 saturated heterocycles. The van der Waals surface area contributed by atoms with Crippen LogP contribution in [0.25, 0.3) is 0 Å². The van der Waals surface area contributed by atoms with Gasteiger partial charge in [-0.1, -0.05) is 13.8 Å². The van der Waals surface area contributed by atoms with Crippen LogP contribution >= 0.6 is 0 Å². The lowest BCUT2D eigenvalue weighted by Gasteiger charge is -2.07. The Morgan fingerprint density at radius 1 is 1.67 bits per heavy atom. The largest absolute Gasteiger partial charge is 0.444 e. The van der Waals surface area contributed by atoms with E-state index in [4.69, 9.17) is 10.2 Å². The third-order valence-electron chi connectivity index (χ3n) is 2.14. The fourth-order valence-electron chi connectivity index (χ4n) is 1.07. The van der Waals surface area contributed by atoms with Crippen molar-refractivity contribution < 1.29 is 9.21 Å². The van der Waals surface area contributed by atoms with Gasteiger partial charge < -0.3 is 15.5 Å². The molecule has 5 nitrogen and oxygen atoms in total. The summed E-state index contributed by atoms with van der Waals surface area (Å²) in [6.07, 6.45) is 3.09. The van der Waals surface area contributed by atoms with E-state index < -0.39 is 6.04 Å². The second kappa shape index (κ2) is 5.50. The first-order valence-electron chi connectivity index (χ1n) is 5.14. The van der Waals surface area contributed by atoms with Crippen molar-refractivity contribution in [2.24, 2.45) is 5.73 Å². The van der Waals surface area contributed by atoms with E-state index in [1.54, 1.807) is 6.20 Å². The summed E-state index contributed by atoms with van der Waals surface area (Å²) in [4.78, 5) is 15.3. The van der Waals surface area contributed by atoms with Crippen LogP contribution in [0.5, 0.6) is 0 Å². The number of rotatable bonds is 5. The van der Waals surface area contributed by atoms with Gasteiger partial charge in [-0.15, -0.1) is 0 Å². The zero-order valence-corrected chi connectivity index (χ0v) is 9.12. The molecule has 0 spiro atoms. The van der Waals surface area contributed by atoms with Gasteiger partial charge in [0.1, 0.15) is 5.76 Å². The monoisotopic (exact) mass is 211 g/mol. The maximum Gasteiger partial charge on any atom is 0.237 e. The van der Waals surface area contributed by atoms with Crippen LogP contribution in [-0.2, 0) is 17.8 Å². The predicted octanol–water partition coefficient (Wildman–Crippen LogP) is 0.590. The van der Waals surface area contributed by atoms with Crippen molar-refractivity contribution in [1.82, 2.24) is 10.3 Å². The van der Waals surface area contributed by atoms with Crippen molar-refractivity contribution in [3.8, 4) is 0 Å². The van der Waals surface area contributed by atoms with E-state index in [0.717, 1.165) is 12.2 Å². The Morgan fingerprint density at radius 2 is 2.40 bits per heavy atom. The van der Waals surface area contributed by atoms with Gasteiger partial charge >= 0.3 is 0 Å². The Labute approximate surface area is 89.1 Å². The van der Waals surface area contributed by atoms with Crippen LogP contribution in [0.15, 0.2) is 10.6 Å². The Kier molecular flexibility index (Phi) is 4.30. The maximum atomic E-state index is 11.3. The summed E-state index contributed by atoms with van der Waals surface area (Å²) < 4.78 is 5.33. The molecule has 1 aromatic rings. The van der Waals surface area contributed by atoms with Gasteiger partial charge in [0, 0.05) is 6.42 Å². The van der Waals surface area contributed by atoms with E-state index in [2.05, 4.69) is 10.3 Å². The van der Waals surface area contributed by atoms with Gasteiger partial charge in [0.15, 0.2) is 0 Å². The summed E-state index contributed by atoms with van der Waals surface area (Å²) in [5, 5.41) is 2.67. The number of nitrogens with one attached hydrogen (secondary N) is 1. The molecule has 1 atom stereocenters. The van der Waals surface area contributed by atoms with E-state index in [9.17, 15) is 4.79 Å². The van der Waals surface area contributed by atoms with Crippen molar-refractivity contribution in [2.75, 3.05) is 0 Å². The fourth-order valence-corrected chi connectivity index (χ4v) is 1.07. The van der Waals surface area contributed by atoms with E-state index in [1.165, 1.54) is 0 Å². The molecule has 84 valence electrons.